The Morgan fingerprint density at radius 1 is 0.369 bits per heavy atom. The van der Waals surface area contributed by atoms with Crippen LogP contribution >= 0.6 is 0 Å². The third kappa shape index (κ3) is 4.85. The molecule has 3 nitrogen and oxygen atoms in total. The molecule has 0 radical (unpaired) electrons. The Balaban J connectivity index is 0.978. The van der Waals surface area contributed by atoms with E-state index in [0.717, 1.165) is 50.8 Å². The van der Waals surface area contributed by atoms with Crippen LogP contribution in [0.5, 0.6) is 0 Å². The minimum atomic E-state index is 0.0917. The van der Waals surface area contributed by atoms with Crippen LogP contribution < -0.4 is 9.80 Å². The van der Waals surface area contributed by atoms with Crippen LogP contribution in [0.4, 0.5) is 34.1 Å². The summed E-state index contributed by atoms with van der Waals surface area (Å²) in [6, 6.07) is 72.5. The maximum Gasteiger partial charge on any atom is 0.137 e. The monoisotopic (exact) mass is 834 g/mol. The number of nitrogens with zero attached hydrogens (tertiary/aromatic N) is 2. The van der Waals surface area contributed by atoms with Gasteiger partial charge in [0.1, 0.15) is 11.2 Å². The van der Waals surface area contributed by atoms with E-state index in [9.17, 15) is 0 Å². The Bertz CT molecular complexity index is 3670. The number of fused-ring (bicyclic) bond motifs is 6. The summed E-state index contributed by atoms with van der Waals surface area (Å²) in [5, 5.41) is 9.78. The molecule has 4 fully saturated rings. The van der Waals surface area contributed by atoms with Gasteiger partial charge in [-0.3, -0.25) is 0 Å². The van der Waals surface area contributed by atoms with E-state index >= 15 is 0 Å². The minimum Gasteiger partial charge on any atom is -0.456 e. The van der Waals surface area contributed by atoms with Gasteiger partial charge < -0.3 is 14.2 Å². The summed E-state index contributed by atoms with van der Waals surface area (Å²) < 4.78 is 6.48. The summed E-state index contributed by atoms with van der Waals surface area (Å²) in [5.41, 5.74) is 14.9. The van der Waals surface area contributed by atoms with Crippen LogP contribution in [0.1, 0.15) is 43.2 Å². The summed E-state index contributed by atoms with van der Waals surface area (Å²) in [4.78, 5) is 5.04. The Kier molecular flexibility index (Phi) is 7.40. The zero-order valence-electron chi connectivity index (χ0n) is 36.1. The first-order valence-corrected chi connectivity index (χ1v) is 23.8. The molecule has 1 heterocycles. The zero-order valence-corrected chi connectivity index (χ0v) is 36.1. The predicted octanol–water partition coefficient (Wildman–Crippen LogP) is 17.1. The molecule has 0 atom stereocenters. The van der Waals surface area contributed by atoms with Crippen molar-refractivity contribution in [3.63, 3.8) is 0 Å². The Labute approximate surface area is 378 Å². The number of hydrogen-bond acceptors (Lipinski definition) is 3. The van der Waals surface area contributed by atoms with E-state index in [-0.39, 0.29) is 5.41 Å². The average molecular weight is 835 g/mol. The van der Waals surface area contributed by atoms with Gasteiger partial charge in [0.2, 0.25) is 0 Å². The van der Waals surface area contributed by atoms with Gasteiger partial charge in [0, 0.05) is 38.5 Å². The summed E-state index contributed by atoms with van der Waals surface area (Å²) in [7, 11) is 0. The first kappa shape index (κ1) is 36.0. The minimum absolute atomic E-state index is 0.0917. The van der Waals surface area contributed by atoms with E-state index in [0.29, 0.717) is 11.8 Å². The molecule has 65 heavy (non-hydrogen) atoms. The lowest BCUT2D eigenvalue weighted by molar-refractivity contribution is -0.0399. The topological polar surface area (TPSA) is 19.6 Å². The molecule has 1 spiro atoms. The van der Waals surface area contributed by atoms with E-state index in [4.69, 9.17) is 4.42 Å². The maximum atomic E-state index is 6.48. The highest BCUT2D eigenvalue weighted by atomic mass is 16.3. The molecule has 0 amide bonds. The molecule has 0 unspecified atom stereocenters. The fraction of sp³-hybridized carbons (Fsp3) is 0.161. The van der Waals surface area contributed by atoms with Crippen molar-refractivity contribution in [1.82, 2.24) is 0 Å². The van der Waals surface area contributed by atoms with Crippen molar-refractivity contribution in [2.24, 2.45) is 23.7 Å². The molecule has 310 valence electrons. The number of benzene rings is 10. The standard InChI is InChI=1S/C62H46N2O/c1-3-13-44(14-4-1)63(54-21-11-20-51-60(54)46-17-7-9-19-50(46)62(51)42-34-38-33-39(36-42)37-43(62)35-38)52-31-27-40-26-30-48-53(32-28-41-25-29-47(52)58(40)59(41)48)64(45-15-5-2-6-16-45)55-22-12-24-57-61(55)49-18-8-10-23-56(49)65-57/h1-32,38-39,42-43H,33-37H2. The van der Waals surface area contributed by atoms with Crippen molar-refractivity contribution in [3.8, 4) is 11.1 Å². The number of hydrogen-bond donors (Lipinski definition) is 0. The van der Waals surface area contributed by atoms with Crippen molar-refractivity contribution < 1.29 is 4.42 Å². The fourth-order valence-electron chi connectivity index (χ4n) is 14.4. The number of anilines is 6. The van der Waals surface area contributed by atoms with Crippen molar-refractivity contribution >= 4 is 88.4 Å². The van der Waals surface area contributed by atoms with Crippen molar-refractivity contribution in [1.29, 1.82) is 0 Å². The largest absolute Gasteiger partial charge is 0.456 e. The summed E-state index contributed by atoms with van der Waals surface area (Å²) in [6.07, 6.45) is 6.96. The Hall–Kier alpha value is -7.36. The number of rotatable bonds is 6. The van der Waals surface area contributed by atoms with Crippen LogP contribution in [0.25, 0.3) is 65.4 Å². The zero-order chi connectivity index (χ0) is 42.4. The van der Waals surface area contributed by atoms with Gasteiger partial charge in [-0.1, -0.05) is 133 Å². The highest BCUT2D eigenvalue weighted by Gasteiger charge is 2.62. The van der Waals surface area contributed by atoms with E-state index < -0.39 is 0 Å². The second kappa shape index (κ2) is 13.3. The first-order valence-electron chi connectivity index (χ1n) is 23.8. The summed E-state index contributed by atoms with van der Waals surface area (Å²) >= 11 is 0. The second-order valence-corrected chi connectivity index (χ2v) is 19.6. The van der Waals surface area contributed by atoms with E-state index in [1.54, 1.807) is 11.1 Å². The smallest absolute Gasteiger partial charge is 0.137 e. The van der Waals surface area contributed by atoms with Crippen molar-refractivity contribution in [2.75, 3.05) is 9.80 Å². The molecule has 16 rings (SSSR count). The quantitative estimate of drug-likeness (QED) is 0.156. The molecule has 0 saturated heterocycles. The van der Waals surface area contributed by atoms with Gasteiger partial charge in [-0.25, -0.2) is 0 Å². The van der Waals surface area contributed by atoms with E-state index in [2.05, 4.69) is 204 Å². The molecule has 11 aromatic rings. The first-order chi connectivity index (χ1) is 32.2. The molecule has 3 heteroatoms. The third-order valence-corrected chi connectivity index (χ3v) is 16.5. The van der Waals surface area contributed by atoms with Gasteiger partial charge >= 0.3 is 0 Å². The molecule has 10 aromatic carbocycles. The van der Waals surface area contributed by atoms with Gasteiger partial charge in [-0.05, 0) is 155 Å². The van der Waals surface area contributed by atoms with Crippen LogP contribution in [0.2, 0.25) is 0 Å². The molecule has 1 aromatic heterocycles. The molecule has 0 aliphatic heterocycles. The number of para-hydroxylation sites is 3. The number of furan rings is 1. The summed E-state index contributed by atoms with van der Waals surface area (Å²) in [5.74, 6) is 3.22. The molecule has 5 aliphatic carbocycles. The van der Waals surface area contributed by atoms with Gasteiger partial charge in [-0.2, -0.15) is 0 Å². The lowest BCUT2D eigenvalue weighted by Gasteiger charge is -2.61. The maximum absolute atomic E-state index is 6.48. The molecular formula is C62H46N2O. The lowest BCUT2D eigenvalue weighted by atomic mass is 9.43. The summed E-state index contributed by atoms with van der Waals surface area (Å²) in [6.45, 7) is 0. The third-order valence-electron chi connectivity index (χ3n) is 16.5. The van der Waals surface area contributed by atoms with Crippen LogP contribution in [-0.4, -0.2) is 0 Å². The fourth-order valence-corrected chi connectivity index (χ4v) is 14.4. The lowest BCUT2D eigenvalue weighted by Crippen LogP contribution is -2.55. The second-order valence-electron chi connectivity index (χ2n) is 19.6. The molecule has 4 saturated carbocycles. The SMILES string of the molecule is c1ccc(N(c2cccc3c2-c2ccccc2C32C3CC4CC(C3)CC2C4)c2ccc3ccc4c(N(c5ccccc5)c5cccc6oc7ccccc7c56)ccc5ccc2c3c54)cc1. The highest BCUT2D eigenvalue weighted by molar-refractivity contribution is 6.28. The normalized spacial score (nSPS) is 21.6. The van der Waals surface area contributed by atoms with Crippen LogP contribution in [0.3, 0.4) is 0 Å². The van der Waals surface area contributed by atoms with Gasteiger partial charge in [0.25, 0.3) is 0 Å². The van der Waals surface area contributed by atoms with Gasteiger partial charge in [-0.15, -0.1) is 0 Å². The Morgan fingerprint density at radius 2 is 0.892 bits per heavy atom. The van der Waals surface area contributed by atoms with E-state index in [1.165, 1.54) is 92.6 Å². The van der Waals surface area contributed by atoms with E-state index in [1.807, 2.05) is 0 Å². The highest BCUT2D eigenvalue weighted by Crippen LogP contribution is 2.70. The molecule has 0 N–H and O–H groups in total. The molecular weight excluding hydrogens is 789 g/mol. The van der Waals surface area contributed by atoms with Crippen LogP contribution in [0.15, 0.2) is 199 Å². The van der Waals surface area contributed by atoms with Crippen LogP contribution in [0, 0.1) is 23.7 Å². The average Bonchev–Trinajstić information content (AvgIpc) is 3.89. The predicted molar refractivity (Wildman–Crippen MR) is 270 cm³/mol. The van der Waals surface area contributed by atoms with Gasteiger partial charge in [0.05, 0.1) is 28.1 Å². The van der Waals surface area contributed by atoms with Crippen molar-refractivity contribution in [2.45, 2.75) is 37.5 Å². The van der Waals surface area contributed by atoms with Crippen LogP contribution in [-0.2, 0) is 5.41 Å². The molecule has 4 bridgehead atoms. The Morgan fingerprint density at radius 3 is 1.57 bits per heavy atom. The van der Waals surface area contributed by atoms with Crippen molar-refractivity contribution in [3.05, 3.63) is 205 Å². The van der Waals surface area contributed by atoms with Gasteiger partial charge in [0.15, 0.2) is 0 Å². The molecule has 5 aliphatic rings.